The van der Waals surface area contributed by atoms with Crippen LogP contribution < -0.4 is 5.32 Å². The lowest BCUT2D eigenvalue weighted by Gasteiger charge is -2.11. The van der Waals surface area contributed by atoms with Crippen molar-refractivity contribution in [2.45, 2.75) is 13.5 Å². The normalized spacial score (nSPS) is 10.3. The molecule has 0 aliphatic carbocycles. The Labute approximate surface area is 112 Å². The van der Waals surface area contributed by atoms with Crippen LogP contribution in [-0.2, 0) is 18.3 Å². The van der Waals surface area contributed by atoms with Crippen molar-refractivity contribution in [2.24, 2.45) is 7.05 Å². The Kier molecular flexibility index (Phi) is 3.85. The van der Waals surface area contributed by atoms with Gasteiger partial charge in [-0.2, -0.15) is 0 Å². The Morgan fingerprint density at radius 2 is 2.26 bits per heavy atom. The molecule has 0 aliphatic heterocycles. The Bertz CT molecular complexity index is 590. The minimum absolute atomic E-state index is 0.333. The highest BCUT2D eigenvalue weighted by molar-refractivity contribution is 5.90. The molecule has 0 atom stereocenters. The summed E-state index contributed by atoms with van der Waals surface area (Å²) in [7, 11) is 3.32. The summed E-state index contributed by atoms with van der Waals surface area (Å²) in [6.45, 7) is 2.59. The molecule has 0 saturated carbocycles. The molecule has 0 bridgehead atoms. The van der Waals surface area contributed by atoms with Gasteiger partial charge in [-0.1, -0.05) is 6.07 Å². The van der Waals surface area contributed by atoms with Crippen LogP contribution in [0.2, 0.25) is 0 Å². The molecule has 2 rings (SSSR count). The first-order valence-corrected chi connectivity index (χ1v) is 6.01. The summed E-state index contributed by atoms with van der Waals surface area (Å²) in [5, 5.41) is 3.28. The third-order valence-electron chi connectivity index (χ3n) is 3.02. The monoisotopic (exact) mass is 259 g/mol. The minimum Gasteiger partial charge on any atom is -0.465 e. The number of nitrogens with zero attached hydrogens (tertiary/aromatic N) is 2. The number of nitrogens with one attached hydrogen (secondary N) is 1. The van der Waals surface area contributed by atoms with E-state index in [4.69, 9.17) is 4.74 Å². The third kappa shape index (κ3) is 2.93. The largest absolute Gasteiger partial charge is 0.465 e. The topological polar surface area (TPSA) is 56.1 Å². The summed E-state index contributed by atoms with van der Waals surface area (Å²) < 4.78 is 6.67. The van der Waals surface area contributed by atoms with Gasteiger partial charge in [0, 0.05) is 25.1 Å². The number of hydrogen-bond donors (Lipinski definition) is 1. The van der Waals surface area contributed by atoms with Gasteiger partial charge in [0.05, 0.1) is 19.2 Å². The molecule has 1 N–H and O–H groups in total. The maximum atomic E-state index is 11.5. The lowest BCUT2D eigenvalue weighted by Crippen LogP contribution is -2.08. The van der Waals surface area contributed by atoms with E-state index in [2.05, 4.69) is 10.3 Å². The summed E-state index contributed by atoms with van der Waals surface area (Å²) in [4.78, 5) is 15.7. The average molecular weight is 259 g/mol. The second-order valence-electron chi connectivity index (χ2n) is 4.33. The van der Waals surface area contributed by atoms with Crippen molar-refractivity contribution in [2.75, 3.05) is 12.4 Å². The number of ether oxygens (including phenoxy) is 1. The standard InChI is InChI=1S/C14H17N3O2/c1-10-4-5-11(14(18)19-3)8-12(10)16-9-13-15-6-7-17(13)2/h4-8,16H,9H2,1-3H3. The fourth-order valence-corrected chi connectivity index (χ4v) is 1.80. The smallest absolute Gasteiger partial charge is 0.337 e. The molecule has 0 spiro atoms. The quantitative estimate of drug-likeness (QED) is 0.855. The zero-order chi connectivity index (χ0) is 13.8. The van der Waals surface area contributed by atoms with Crippen LogP contribution in [-0.4, -0.2) is 22.6 Å². The molecule has 0 amide bonds. The first kappa shape index (κ1) is 13.1. The maximum Gasteiger partial charge on any atom is 0.337 e. The van der Waals surface area contributed by atoms with E-state index in [9.17, 15) is 4.79 Å². The van der Waals surface area contributed by atoms with Gasteiger partial charge in [-0.05, 0) is 24.6 Å². The molecule has 0 unspecified atom stereocenters. The van der Waals surface area contributed by atoms with Gasteiger partial charge in [0.15, 0.2) is 0 Å². The number of hydrogen-bond acceptors (Lipinski definition) is 4. The van der Waals surface area contributed by atoms with Crippen LogP contribution in [0.1, 0.15) is 21.7 Å². The van der Waals surface area contributed by atoms with E-state index in [1.807, 2.05) is 30.8 Å². The van der Waals surface area contributed by atoms with Gasteiger partial charge in [0.2, 0.25) is 0 Å². The van der Waals surface area contributed by atoms with Gasteiger partial charge >= 0.3 is 5.97 Å². The van der Waals surface area contributed by atoms with E-state index in [0.29, 0.717) is 12.1 Å². The predicted octanol–water partition coefficient (Wildman–Crippen LogP) is 2.13. The number of aryl methyl sites for hydroxylation is 2. The van der Waals surface area contributed by atoms with Crippen molar-refractivity contribution in [3.63, 3.8) is 0 Å². The Morgan fingerprint density at radius 1 is 1.47 bits per heavy atom. The van der Waals surface area contributed by atoms with E-state index in [1.165, 1.54) is 7.11 Å². The van der Waals surface area contributed by atoms with Gasteiger partial charge < -0.3 is 14.6 Å². The number of imidazole rings is 1. The second kappa shape index (κ2) is 5.56. The van der Waals surface area contributed by atoms with E-state index in [0.717, 1.165) is 17.1 Å². The van der Waals surface area contributed by atoms with Gasteiger partial charge in [0.25, 0.3) is 0 Å². The summed E-state index contributed by atoms with van der Waals surface area (Å²) in [6.07, 6.45) is 3.66. The third-order valence-corrected chi connectivity index (χ3v) is 3.02. The van der Waals surface area contributed by atoms with Crippen LogP contribution in [0.5, 0.6) is 0 Å². The molecule has 1 aromatic heterocycles. The number of benzene rings is 1. The van der Waals surface area contributed by atoms with Crippen molar-refractivity contribution < 1.29 is 9.53 Å². The summed E-state index contributed by atoms with van der Waals surface area (Å²) in [6, 6.07) is 5.45. The average Bonchev–Trinajstić information content (AvgIpc) is 2.82. The van der Waals surface area contributed by atoms with Crippen LogP contribution in [0.25, 0.3) is 0 Å². The number of esters is 1. The molecule has 0 saturated heterocycles. The number of rotatable bonds is 4. The number of aromatic nitrogens is 2. The fraction of sp³-hybridized carbons (Fsp3) is 0.286. The highest BCUT2D eigenvalue weighted by Crippen LogP contribution is 2.18. The van der Waals surface area contributed by atoms with Crippen molar-refractivity contribution in [3.8, 4) is 0 Å². The van der Waals surface area contributed by atoms with E-state index >= 15 is 0 Å². The lowest BCUT2D eigenvalue weighted by atomic mass is 10.1. The molecule has 100 valence electrons. The number of anilines is 1. The van der Waals surface area contributed by atoms with E-state index in [1.54, 1.807) is 18.3 Å². The summed E-state index contributed by atoms with van der Waals surface area (Å²) in [5.41, 5.74) is 2.52. The number of methoxy groups -OCH3 is 1. The molecular formula is C14H17N3O2. The van der Waals surface area contributed by atoms with Crippen molar-refractivity contribution in [1.29, 1.82) is 0 Å². The molecule has 5 nitrogen and oxygen atoms in total. The van der Waals surface area contributed by atoms with Crippen LogP contribution in [0.3, 0.4) is 0 Å². The molecule has 2 aromatic rings. The van der Waals surface area contributed by atoms with Gasteiger partial charge in [-0.15, -0.1) is 0 Å². The van der Waals surface area contributed by atoms with Crippen LogP contribution >= 0.6 is 0 Å². The zero-order valence-electron chi connectivity index (χ0n) is 11.3. The maximum absolute atomic E-state index is 11.5. The predicted molar refractivity (Wildman–Crippen MR) is 73.1 cm³/mol. The first-order valence-electron chi connectivity index (χ1n) is 6.01. The second-order valence-corrected chi connectivity index (χ2v) is 4.33. The van der Waals surface area contributed by atoms with Gasteiger partial charge in [-0.3, -0.25) is 0 Å². The Balaban J connectivity index is 2.15. The molecule has 0 aliphatic rings. The highest BCUT2D eigenvalue weighted by Gasteiger charge is 2.08. The van der Waals surface area contributed by atoms with Crippen molar-refractivity contribution >= 4 is 11.7 Å². The molecular weight excluding hydrogens is 242 g/mol. The lowest BCUT2D eigenvalue weighted by molar-refractivity contribution is 0.0601. The Hall–Kier alpha value is -2.30. The molecule has 1 aromatic carbocycles. The van der Waals surface area contributed by atoms with Gasteiger partial charge in [-0.25, -0.2) is 9.78 Å². The first-order chi connectivity index (χ1) is 9.11. The van der Waals surface area contributed by atoms with Crippen molar-refractivity contribution in [3.05, 3.63) is 47.5 Å². The summed E-state index contributed by atoms with van der Waals surface area (Å²) >= 11 is 0. The van der Waals surface area contributed by atoms with Crippen LogP contribution in [0.4, 0.5) is 5.69 Å². The molecule has 0 fully saturated rings. The number of carbonyl (C=O) groups excluding carboxylic acids is 1. The molecule has 19 heavy (non-hydrogen) atoms. The highest BCUT2D eigenvalue weighted by atomic mass is 16.5. The van der Waals surface area contributed by atoms with Crippen LogP contribution in [0, 0.1) is 6.92 Å². The van der Waals surface area contributed by atoms with E-state index in [-0.39, 0.29) is 5.97 Å². The fourth-order valence-electron chi connectivity index (χ4n) is 1.80. The van der Waals surface area contributed by atoms with Crippen molar-refractivity contribution in [1.82, 2.24) is 9.55 Å². The minimum atomic E-state index is -0.333. The summed E-state index contributed by atoms with van der Waals surface area (Å²) in [5.74, 6) is 0.600. The Morgan fingerprint density at radius 3 is 2.89 bits per heavy atom. The zero-order valence-corrected chi connectivity index (χ0v) is 11.3. The van der Waals surface area contributed by atoms with Crippen LogP contribution in [0.15, 0.2) is 30.6 Å². The van der Waals surface area contributed by atoms with Gasteiger partial charge in [0.1, 0.15) is 5.82 Å². The molecule has 5 heteroatoms. The molecule has 1 heterocycles. The number of carbonyl (C=O) groups is 1. The van der Waals surface area contributed by atoms with E-state index < -0.39 is 0 Å². The SMILES string of the molecule is COC(=O)c1ccc(C)c(NCc2nccn2C)c1. The molecule has 0 radical (unpaired) electrons.